The molecule has 0 aliphatic rings. The van der Waals surface area contributed by atoms with Crippen molar-refractivity contribution in [1.29, 1.82) is 0 Å². The van der Waals surface area contributed by atoms with Crippen LogP contribution in [0.2, 0.25) is 0 Å². The van der Waals surface area contributed by atoms with Gasteiger partial charge in [-0.1, -0.05) is 19.9 Å². The van der Waals surface area contributed by atoms with E-state index in [1.165, 1.54) is 18.2 Å². The first kappa shape index (κ1) is 15.6. The number of benzene rings is 1. The Bertz CT molecular complexity index is 585. The van der Waals surface area contributed by atoms with Crippen molar-refractivity contribution in [1.82, 2.24) is 15.1 Å². The Morgan fingerprint density at radius 1 is 1.24 bits per heavy atom. The molecule has 5 heteroatoms. The van der Waals surface area contributed by atoms with Gasteiger partial charge in [0.2, 0.25) is 0 Å². The van der Waals surface area contributed by atoms with Crippen LogP contribution in [0.5, 0.6) is 0 Å². The van der Waals surface area contributed by atoms with E-state index in [2.05, 4.69) is 24.3 Å². The molecule has 1 heterocycles. The molecular formula is C16H21F2N3. The average molecular weight is 293 g/mol. The fraction of sp³-hybridized carbons (Fsp3) is 0.438. The van der Waals surface area contributed by atoms with E-state index in [0.29, 0.717) is 12.5 Å². The van der Waals surface area contributed by atoms with E-state index in [1.807, 2.05) is 13.1 Å². The molecule has 2 aromatic rings. The number of aromatic nitrogens is 2. The van der Waals surface area contributed by atoms with Crippen LogP contribution < -0.4 is 5.32 Å². The van der Waals surface area contributed by atoms with Gasteiger partial charge in [0.15, 0.2) is 0 Å². The summed E-state index contributed by atoms with van der Waals surface area (Å²) in [6.07, 6.45) is 1.84. The third-order valence-electron chi connectivity index (χ3n) is 3.30. The summed E-state index contributed by atoms with van der Waals surface area (Å²) in [6, 6.07) is 3.89. The third kappa shape index (κ3) is 4.11. The van der Waals surface area contributed by atoms with E-state index in [4.69, 9.17) is 0 Å². The highest BCUT2D eigenvalue weighted by Crippen LogP contribution is 2.14. The van der Waals surface area contributed by atoms with Gasteiger partial charge in [-0.05, 0) is 31.5 Å². The van der Waals surface area contributed by atoms with Crippen molar-refractivity contribution in [2.45, 2.75) is 33.9 Å². The Morgan fingerprint density at radius 2 is 1.90 bits per heavy atom. The molecule has 114 valence electrons. The summed E-state index contributed by atoms with van der Waals surface area (Å²) in [4.78, 5) is 0. The van der Waals surface area contributed by atoms with Crippen molar-refractivity contribution >= 4 is 0 Å². The van der Waals surface area contributed by atoms with Gasteiger partial charge in [-0.3, -0.25) is 4.68 Å². The molecule has 0 unspecified atom stereocenters. The van der Waals surface area contributed by atoms with E-state index in [0.717, 1.165) is 17.8 Å². The van der Waals surface area contributed by atoms with Crippen molar-refractivity contribution < 1.29 is 8.78 Å². The van der Waals surface area contributed by atoms with Crippen LogP contribution in [0.1, 0.15) is 30.7 Å². The van der Waals surface area contributed by atoms with Gasteiger partial charge in [0, 0.05) is 23.9 Å². The molecule has 0 saturated carbocycles. The second-order valence-corrected chi connectivity index (χ2v) is 5.66. The van der Waals surface area contributed by atoms with Crippen LogP contribution in [0.25, 0.3) is 0 Å². The van der Waals surface area contributed by atoms with Crippen molar-refractivity contribution in [3.8, 4) is 0 Å². The van der Waals surface area contributed by atoms with Crippen LogP contribution >= 0.6 is 0 Å². The number of nitrogens with zero attached hydrogens (tertiary/aromatic N) is 2. The zero-order valence-electron chi connectivity index (χ0n) is 12.7. The molecule has 0 aliphatic carbocycles. The number of halogens is 2. The van der Waals surface area contributed by atoms with Gasteiger partial charge < -0.3 is 5.32 Å². The van der Waals surface area contributed by atoms with E-state index in [9.17, 15) is 8.78 Å². The second kappa shape index (κ2) is 6.80. The summed E-state index contributed by atoms with van der Waals surface area (Å²) in [5.41, 5.74) is 1.97. The zero-order valence-corrected chi connectivity index (χ0v) is 12.7. The lowest BCUT2D eigenvalue weighted by Crippen LogP contribution is -2.19. The number of aryl methyl sites for hydroxylation is 1. The fourth-order valence-electron chi connectivity index (χ4n) is 2.15. The van der Waals surface area contributed by atoms with Crippen molar-refractivity contribution in [2.24, 2.45) is 5.92 Å². The lowest BCUT2D eigenvalue weighted by atomic mass is 10.2. The molecule has 0 saturated heterocycles. The van der Waals surface area contributed by atoms with Gasteiger partial charge in [-0.15, -0.1) is 0 Å². The molecule has 0 aliphatic heterocycles. The Hall–Kier alpha value is -1.75. The normalized spacial score (nSPS) is 11.3. The summed E-state index contributed by atoms with van der Waals surface area (Å²) in [7, 11) is 0. The minimum absolute atomic E-state index is 0.0432. The molecule has 1 aromatic heterocycles. The highest BCUT2D eigenvalue weighted by Gasteiger charge is 2.11. The van der Waals surface area contributed by atoms with Crippen molar-refractivity contribution in [2.75, 3.05) is 6.54 Å². The fourth-order valence-corrected chi connectivity index (χ4v) is 2.15. The van der Waals surface area contributed by atoms with Gasteiger partial charge in [-0.25, -0.2) is 8.78 Å². The summed E-state index contributed by atoms with van der Waals surface area (Å²) < 4.78 is 28.9. The quantitative estimate of drug-likeness (QED) is 0.886. The van der Waals surface area contributed by atoms with Gasteiger partial charge in [0.25, 0.3) is 0 Å². The third-order valence-corrected chi connectivity index (χ3v) is 3.30. The first-order valence-electron chi connectivity index (χ1n) is 7.14. The highest BCUT2D eigenvalue weighted by atomic mass is 19.1. The SMILES string of the molecule is Cc1nn(Cc2c(F)cccc2F)cc1CNCC(C)C. The lowest BCUT2D eigenvalue weighted by Gasteiger charge is -2.06. The number of hydrogen-bond donors (Lipinski definition) is 1. The Labute approximate surface area is 124 Å². The van der Waals surface area contributed by atoms with E-state index in [1.54, 1.807) is 4.68 Å². The smallest absolute Gasteiger partial charge is 0.131 e. The van der Waals surface area contributed by atoms with Gasteiger partial charge in [0.05, 0.1) is 12.2 Å². The Morgan fingerprint density at radius 3 is 2.52 bits per heavy atom. The van der Waals surface area contributed by atoms with E-state index < -0.39 is 11.6 Å². The van der Waals surface area contributed by atoms with Crippen LogP contribution in [-0.4, -0.2) is 16.3 Å². The Balaban J connectivity index is 2.08. The topological polar surface area (TPSA) is 29.9 Å². The zero-order chi connectivity index (χ0) is 15.4. The standard InChI is InChI=1S/C16H21F2N3/c1-11(2)7-19-8-13-9-21(20-12(13)3)10-14-15(17)5-4-6-16(14)18/h4-6,9,11,19H,7-8,10H2,1-3H3. The second-order valence-electron chi connectivity index (χ2n) is 5.66. The molecule has 1 aromatic carbocycles. The maximum absolute atomic E-state index is 13.6. The number of hydrogen-bond acceptors (Lipinski definition) is 2. The first-order valence-corrected chi connectivity index (χ1v) is 7.14. The van der Waals surface area contributed by atoms with E-state index in [-0.39, 0.29) is 12.1 Å². The minimum atomic E-state index is -0.539. The van der Waals surface area contributed by atoms with Gasteiger partial charge in [-0.2, -0.15) is 5.10 Å². The largest absolute Gasteiger partial charge is 0.312 e. The van der Waals surface area contributed by atoms with Crippen LogP contribution in [-0.2, 0) is 13.1 Å². The molecule has 0 spiro atoms. The highest BCUT2D eigenvalue weighted by molar-refractivity contribution is 5.21. The predicted octanol–water partition coefficient (Wildman–Crippen LogP) is 3.26. The maximum Gasteiger partial charge on any atom is 0.131 e. The number of rotatable bonds is 6. The van der Waals surface area contributed by atoms with Gasteiger partial charge >= 0.3 is 0 Å². The van der Waals surface area contributed by atoms with Crippen LogP contribution in [0.4, 0.5) is 8.78 Å². The lowest BCUT2D eigenvalue weighted by molar-refractivity contribution is 0.531. The monoisotopic (exact) mass is 293 g/mol. The molecule has 21 heavy (non-hydrogen) atoms. The maximum atomic E-state index is 13.6. The summed E-state index contributed by atoms with van der Waals surface area (Å²) in [5.74, 6) is -0.502. The number of nitrogens with one attached hydrogen (secondary N) is 1. The summed E-state index contributed by atoms with van der Waals surface area (Å²) in [6.45, 7) is 7.93. The molecule has 0 amide bonds. The predicted molar refractivity (Wildman–Crippen MR) is 79.0 cm³/mol. The molecule has 2 rings (SSSR count). The molecule has 0 atom stereocenters. The Kier molecular flexibility index (Phi) is 5.07. The van der Waals surface area contributed by atoms with Crippen LogP contribution in [0.15, 0.2) is 24.4 Å². The van der Waals surface area contributed by atoms with Crippen LogP contribution in [0, 0.1) is 24.5 Å². The summed E-state index contributed by atoms with van der Waals surface area (Å²) >= 11 is 0. The minimum Gasteiger partial charge on any atom is -0.312 e. The molecular weight excluding hydrogens is 272 g/mol. The van der Waals surface area contributed by atoms with Gasteiger partial charge in [0.1, 0.15) is 11.6 Å². The average Bonchev–Trinajstić information content (AvgIpc) is 2.74. The molecule has 0 radical (unpaired) electrons. The molecule has 0 bridgehead atoms. The molecule has 3 nitrogen and oxygen atoms in total. The molecule has 1 N–H and O–H groups in total. The van der Waals surface area contributed by atoms with E-state index >= 15 is 0 Å². The first-order chi connectivity index (χ1) is 9.97. The molecule has 0 fully saturated rings. The van der Waals surface area contributed by atoms with Crippen molar-refractivity contribution in [3.05, 3.63) is 52.9 Å². The van der Waals surface area contributed by atoms with Crippen molar-refractivity contribution in [3.63, 3.8) is 0 Å². The summed E-state index contributed by atoms with van der Waals surface area (Å²) in [5, 5.41) is 7.67. The van der Waals surface area contributed by atoms with Crippen LogP contribution in [0.3, 0.4) is 0 Å².